The van der Waals surface area contributed by atoms with E-state index in [-0.39, 0.29) is 12.4 Å². The molecule has 25 heavy (non-hydrogen) atoms. The number of rotatable bonds is 9. The van der Waals surface area contributed by atoms with Gasteiger partial charge in [0.05, 0.1) is 24.5 Å². The maximum atomic E-state index is 10.6. The molecule has 1 aromatic carbocycles. The Hall–Kier alpha value is -1.57. The second-order valence-electron chi connectivity index (χ2n) is 5.35. The molecule has 7 N–H and O–H groups in total. The lowest BCUT2D eigenvalue weighted by Crippen LogP contribution is -2.25. The number of fused-ring (bicyclic) bond motifs is 1. The van der Waals surface area contributed by atoms with E-state index in [1.165, 1.54) is 0 Å². The van der Waals surface area contributed by atoms with E-state index in [9.17, 15) is 17.5 Å². The number of nitrogens with zero attached hydrogens (tertiary/aromatic N) is 1. The molecule has 0 spiro atoms. The van der Waals surface area contributed by atoms with Crippen LogP contribution in [0.3, 0.4) is 0 Å². The lowest BCUT2D eigenvalue weighted by Gasteiger charge is -2.33. The smallest absolute Gasteiger partial charge is 0.333 e. The number of unbranched alkanes of at least 4 members (excludes halogenated alkanes) is 3. The van der Waals surface area contributed by atoms with Crippen molar-refractivity contribution in [3.63, 3.8) is 0 Å². The van der Waals surface area contributed by atoms with Gasteiger partial charge in [0.1, 0.15) is 5.75 Å². The Morgan fingerprint density at radius 1 is 1.16 bits per heavy atom. The van der Waals surface area contributed by atoms with Gasteiger partial charge in [0.2, 0.25) is 0 Å². The zero-order valence-electron chi connectivity index (χ0n) is 13.4. The first-order valence-corrected chi connectivity index (χ1v) is 10.5. The van der Waals surface area contributed by atoms with Gasteiger partial charge in [-0.05, 0) is 42.4 Å². The highest BCUT2D eigenvalue weighted by Crippen LogP contribution is 2.46. The lowest BCUT2D eigenvalue weighted by molar-refractivity contribution is 0.289. The molecule has 0 radical (unpaired) electrons. The van der Waals surface area contributed by atoms with Crippen LogP contribution in [0.5, 0.6) is 5.75 Å². The summed E-state index contributed by atoms with van der Waals surface area (Å²) in [5, 5.41) is 4.72. The highest BCUT2D eigenvalue weighted by atomic mass is 32.3. The second kappa shape index (κ2) is 8.21. The Kier molecular flexibility index (Phi) is 6.48. The molecule has 0 bridgehead atoms. The van der Waals surface area contributed by atoms with E-state index in [1.807, 2.05) is 0 Å². The molecule has 0 aliphatic carbocycles. The largest absolute Gasteiger partial charge is 0.493 e. The lowest BCUT2D eigenvalue weighted by atomic mass is 10.1. The van der Waals surface area contributed by atoms with Gasteiger partial charge in [-0.15, -0.1) is 4.40 Å². The molecule has 10 nitrogen and oxygen atoms in total. The van der Waals surface area contributed by atoms with Crippen molar-refractivity contribution in [2.75, 3.05) is 17.9 Å². The molecule has 0 amide bonds. The molecular formula is C13H22N4O6S2. The number of amidine groups is 1. The summed E-state index contributed by atoms with van der Waals surface area (Å²) < 4.78 is 56.7. The molecule has 1 aliphatic heterocycles. The summed E-state index contributed by atoms with van der Waals surface area (Å²) in [4.78, 5) is 0. The third-order valence-corrected chi connectivity index (χ3v) is 4.74. The van der Waals surface area contributed by atoms with Gasteiger partial charge >= 0.3 is 10.3 Å². The number of ether oxygens (including phenoxy) is 1. The van der Waals surface area contributed by atoms with Gasteiger partial charge in [0, 0.05) is 0 Å². The fraction of sp³-hybridized carbons (Fsp3) is 0.462. The van der Waals surface area contributed by atoms with Crippen LogP contribution in [0.2, 0.25) is 0 Å². The summed E-state index contributed by atoms with van der Waals surface area (Å²) in [7, 11) is -7.18. The number of nitrogens with one attached hydrogen (secondary N) is 1. The van der Waals surface area contributed by atoms with Crippen LogP contribution >= 0.6 is 11.0 Å². The highest BCUT2D eigenvalue weighted by molar-refractivity contribution is 8.24. The molecule has 0 fully saturated rings. The van der Waals surface area contributed by atoms with E-state index in [1.54, 1.807) is 18.2 Å². The molecule has 1 aliphatic rings. The monoisotopic (exact) mass is 394 g/mol. The van der Waals surface area contributed by atoms with Crippen LogP contribution in [0.15, 0.2) is 22.6 Å². The number of hydrogen-bond donors (Lipinski definition) is 5. The Bertz CT molecular complexity index is 738. The Morgan fingerprint density at radius 3 is 2.52 bits per heavy atom. The Morgan fingerprint density at radius 2 is 1.84 bits per heavy atom. The topological polar surface area (TPSA) is 169 Å². The SMILES string of the molecule is NC1=NS(O)(O)Nc2cccc(OCCCCCCOS(N)(=O)=O)c21. The van der Waals surface area contributed by atoms with Crippen LogP contribution in [0, 0.1) is 0 Å². The van der Waals surface area contributed by atoms with Crippen LogP contribution in [0.1, 0.15) is 31.2 Å². The predicted molar refractivity (Wildman–Crippen MR) is 96.7 cm³/mol. The average molecular weight is 394 g/mol. The molecule has 0 saturated carbocycles. The van der Waals surface area contributed by atoms with Crippen molar-refractivity contribution in [1.29, 1.82) is 0 Å². The van der Waals surface area contributed by atoms with E-state index >= 15 is 0 Å². The minimum absolute atomic E-state index is 0.00416. The van der Waals surface area contributed by atoms with Gasteiger partial charge < -0.3 is 10.5 Å². The van der Waals surface area contributed by atoms with E-state index in [0.29, 0.717) is 30.0 Å². The van der Waals surface area contributed by atoms with Crippen LogP contribution in [0.25, 0.3) is 0 Å². The summed E-state index contributed by atoms with van der Waals surface area (Å²) in [6, 6.07) is 5.09. The quantitative estimate of drug-likeness (QED) is 0.393. The molecule has 0 saturated heterocycles. The summed E-state index contributed by atoms with van der Waals surface area (Å²) in [5.41, 5.74) is 6.75. The minimum Gasteiger partial charge on any atom is -0.493 e. The van der Waals surface area contributed by atoms with Gasteiger partial charge in [-0.25, -0.2) is 5.14 Å². The molecule has 1 aromatic rings. The van der Waals surface area contributed by atoms with Crippen molar-refractivity contribution in [2.45, 2.75) is 25.7 Å². The highest BCUT2D eigenvalue weighted by Gasteiger charge is 2.24. The number of hydrogen-bond acceptors (Lipinski definition) is 9. The van der Waals surface area contributed by atoms with Crippen LogP contribution < -0.4 is 20.3 Å². The van der Waals surface area contributed by atoms with E-state index in [4.69, 9.17) is 15.6 Å². The first-order valence-electron chi connectivity index (χ1n) is 7.53. The summed E-state index contributed by atoms with van der Waals surface area (Å²) >= 11 is 0. The van der Waals surface area contributed by atoms with Crippen molar-refractivity contribution in [3.05, 3.63) is 23.8 Å². The Labute approximate surface area is 148 Å². The number of benzene rings is 1. The summed E-state index contributed by atoms with van der Waals surface area (Å²) in [6.45, 7) is 0.493. The first kappa shape index (κ1) is 19.8. The fourth-order valence-electron chi connectivity index (χ4n) is 2.27. The van der Waals surface area contributed by atoms with Gasteiger partial charge in [-0.1, -0.05) is 12.5 Å². The van der Waals surface area contributed by atoms with Crippen molar-refractivity contribution >= 4 is 32.8 Å². The molecule has 0 unspecified atom stereocenters. The predicted octanol–water partition coefficient (Wildman–Crippen LogP) is 1.56. The van der Waals surface area contributed by atoms with Gasteiger partial charge in [0.15, 0.2) is 5.84 Å². The van der Waals surface area contributed by atoms with Gasteiger partial charge in [0.25, 0.3) is 0 Å². The molecular weight excluding hydrogens is 372 g/mol. The second-order valence-corrected chi connectivity index (χ2v) is 8.00. The maximum Gasteiger partial charge on any atom is 0.333 e. The van der Waals surface area contributed by atoms with Gasteiger partial charge in [-0.3, -0.25) is 18.0 Å². The van der Waals surface area contributed by atoms with E-state index in [2.05, 4.69) is 13.3 Å². The molecule has 0 aromatic heterocycles. The van der Waals surface area contributed by atoms with Crippen LogP contribution in [0.4, 0.5) is 5.69 Å². The average Bonchev–Trinajstić information content (AvgIpc) is 2.47. The Balaban J connectivity index is 1.78. The standard InChI is InChI=1S/C13H22N4O6S2/c14-13-12-10(16-25(20,21)17-13)6-5-7-11(12)22-8-3-1-2-4-9-23-24(15,18)19/h5-7,16,20-21H,1-4,8-9H2,(H2,14,17)(H2,15,18,19). The number of nitrogens with two attached hydrogens (primary N) is 2. The molecule has 1 heterocycles. The van der Waals surface area contributed by atoms with Crippen LogP contribution in [-0.2, 0) is 14.5 Å². The molecule has 2 rings (SSSR count). The van der Waals surface area contributed by atoms with E-state index in [0.717, 1.165) is 19.3 Å². The fourth-order valence-corrected chi connectivity index (χ4v) is 3.50. The van der Waals surface area contributed by atoms with E-state index < -0.39 is 21.3 Å². The third-order valence-electron chi connectivity index (χ3n) is 3.30. The van der Waals surface area contributed by atoms with Crippen molar-refractivity contribution in [2.24, 2.45) is 15.3 Å². The zero-order chi connectivity index (χ0) is 18.5. The summed E-state index contributed by atoms with van der Waals surface area (Å²) in [6.07, 6.45) is 2.93. The third kappa shape index (κ3) is 6.34. The summed E-state index contributed by atoms with van der Waals surface area (Å²) in [5.74, 6) is 0.503. The van der Waals surface area contributed by atoms with Crippen LogP contribution in [-0.4, -0.2) is 36.6 Å². The zero-order valence-corrected chi connectivity index (χ0v) is 15.1. The van der Waals surface area contributed by atoms with Gasteiger partial charge in [-0.2, -0.15) is 8.42 Å². The van der Waals surface area contributed by atoms with Crippen molar-refractivity contribution < 1.29 is 26.4 Å². The normalized spacial score (nSPS) is 17.2. The molecule has 12 heteroatoms. The molecule has 142 valence electrons. The van der Waals surface area contributed by atoms with Crippen molar-refractivity contribution in [3.8, 4) is 5.75 Å². The molecule has 0 atom stereocenters. The first-order chi connectivity index (χ1) is 11.7. The van der Waals surface area contributed by atoms with Crippen molar-refractivity contribution in [1.82, 2.24) is 0 Å². The minimum atomic E-state index is -3.87. The maximum absolute atomic E-state index is 10.6. The number of anilines is 1.